The first kappa shape index (κ1) is 22.2. The highest BCUT2D eigenvalue weighted by atomic mass is 17.3. The highest BCUT2D eigenvalue weighted by Gasteiger charge is 2.24. The number of para-hydroxylation sites is 2. The lowest BCUT2D eigenvalue weighted by atomic mass is 10.2. The molecule has 0 saturated carbocycles. The van der Waals surface area contributed by atoms with E-state index in [0.29, 0.717) is 11.5 Å². The fourth-order valence-electron chi connectivity index (χ4n) is 2.10. The summed E-state index contributed by atoms with van der Waals surface area (Å²) in [6.07, 6.45) is -0.430. The minimum absolute atomic E-state index is 0.0666. The molecule has 0 fully saturated rings. The van der Waals surface area contributed by atoms with Gasteiger partial charge >= 0.3 is 18.2 Å². The number of hydrogen-bond acceptors (Lipinski definition) is 9. The largest absolute Gasteiger partial charge is 0.496 e. The van der Waals surface area contributed by atoms with Crippen LogP contribution in [0.15, 0.2) is 48.5 Å². The van der Waals surface area contributed by atoms with Crippen LogP contribution in [-0.4, -0.2) is 39.4 Å². The van der Waals surface area contributed by atoms with Crippen molar-refractivity contribution in [3.05, 3.63) is 72.9 Å². The van der Waals surface area contributed by atoms with E-state index in [1.807, 2.05) is 0 Å². The molecule has 0 N–H and O–H groups in total. The summed E-state index contributed by atoms with van der Waals surface area (Å²) in [6.45, 7) is 3.26. The van der Waals surface area contributed by atoms with Crippen molar-refractivity contribution in [3.63, 3.8) is 0 Å². The van der Waals surface area contributed by atoms with Crippen LogP contribution in [0.4, 0.5) is 0 Å². The van der Waals surface area contributed by atoms with Gasteiger partial charge in [-0.1, -0.05) is 24.3 Å². The van der Waals surface area contributed by atoms with E-state index >= 15 is 0 Å². The third kappa shape index (κ3) is 6.46. The highest BCUT2D eigenvalue weighted by molar-refractivity contribution is 5.92. The van der Waals surface area contributed by atoms with Crippen molar-refractivity contribution in [3.8, 4) is 11.5 Å². The first-order valence-corrected chi connectivity index (χ1v) is 8.37. The summed E-state index contributed by atoms with van der Waals surface area (Å²) in [5, 5.41) is 0. The minimum atomic E-state index is -0.853. The molecule has 29 heavy (non-hydrogen) atoms. The molecule has 0 atom stereocenters. The predicted molar refractivity (Wildman–Crippen MR) is 98.4 cm³/mol. The van der Waals surface area contributed by atoms with Gasteiger partial charge in [-0.15, -0.1) is 9.78 Å². The zero-order valence-electron chi connectivity index (χ0n) is 15.9. The highest BCUT2D eigenvalue weighted by Crippen LogP contribution is 2.21. The molecule has 2 aromatic carbocycles. The van der Waals surface area contributed by atoms with Crippen molar-refractivity contribution >= 4 is 11.9 Å². The summed E-state index contributed by atoms with van der Waals surface area (Å²) >= 11 is 0. The average Bonchev–Trinajstić information content (AvgIpc) is 2.77. The number of carbonyl (C=O) groups excluding carboxylic acids is 2. The quantitative estimate of drug-likeness (QED) is 0.413. The van der Waals surface area contributed by atoms with Gasteiger partial charge in [0.15, 0.2) is 0 Å². The summed E-state index contributed by atoms with van der Waals surface area (Å²) in [6, 6.07) is 12.8. The first-order valence-electron chi connectivity index (χ1n) is 8.37. The number of methoxy groups -OCH3 is 2. The molecular weight excluding hydrogens is 384 g/mol. The van der Waals surface area contributed by atoms with Crippen LogP contribution >= 0.6 is 0 Å². The Morgan fingerprint density at radius 1 is 0.759 bits per heavy atom. The van der Waals surface area contributed by atoms with Gasteiger partial charge < -0.3 is 14.2 Å². The summed E-state index contributed by atoms with van der Waals surface area (Å²) in [7, 11) is 2.82. The fourth-order valence-corrected chi connectivity index (χ4v) is 2.10. The molecule has 154 valence electrons. The van der Waals surface area contributed by atoms with Crippen molar-refractivity contribution in [1.82, 2.24) is 0 Å². The van der Waals surface area contributed by atoms with Crippen LogP contribution in [0.3, 0.4) is 0 Å². The van der Waals surface area contributed by atoms with Gasteiger partial charge in [-0.3, -0.25) is 9.78 Å². The van der Waals surface area contributed by atoms with E-state index in [-0.39, 0.29) is 24.3 Å². The predicted octanol–water partition coefficient (Wildman–Crippen LogP) is 2.92. The van der Waals surface area contributed by atoms with Crippen molar-refractivity contribution in [2.24, 2.45) is 0 Å². The number of benzene rings is 2. The minimum Gasteiger partial charge on any atom is -0.496 e. The second kappa shape index (κ2) is 11.6. The van der Waals surface area contributed by atoms with Crippen molar-refractivity contribution < 1.29 is 43.3 Å². The van der Waals surface area contributed by atoms with Crippen LogP contribution in [0.1, 0.15) is 20.7 Å². The molecule has 2 radical (unpaired) electrons. The van der Waals surface area contributed by atoms with E-state index < -0.39 is 18.2 Å². The van der Waals surface area contributed by atoms with Gasteiger partial charge in [0.1, 0.15) is 29.2 Å². The molecule has 0 unspecified atom stereocenters. The Balaban J connectivity index is 1.96. The van der Waals surface area contributed by atoms with Crippen LogP contribution in [0.2, 0.25) is 0 Å². The van der Waals surface area contributed by atoms with Crippen molar-refractivity contribution in [2.75, 3.05) is 27.4 Å². The lowest BCUT2D eigenvalue weighted by molar-refractivity contribution is -0.368. The molecule has 9 heteroatoms. The van der Waals surface area contributed by atoms with Crippen LogP contribution in [-0.2, 0) is 24.3 Å². The summed E-state index contributed by atoms with van der Waals surface area (Å²) in [5.41, 5.74) is 0.247. The zero-order chi connectivity index (χ0) is 21.1. The molecule has 0 aliphatic carbocycles. The van der Waals surface area contributed by atoms with Gasteiger partial charge in [0, 0.05) is 6.61 Å². The van der Waals surface area contributed by atoms with E-state index in [4.69, 9.17) is 33.8 Å². The third-order valence-corrected chi connectivity index (χ3v) is 3.44. The molecule has 0 aliphatic rings. The second-order valence-electron chi connectivity index (χ2n) is 5.23. The van der Waals surface area contributed by atoms with Gasteiger partial charge in [0.05, 0.1) is 14.2 Å². The van der Waals surface area contributed by atoms with Gasteiger partial charge in [-0.25, -0.2) is 9.59 Å². The standard InChI is InChI=1S/C20H20O9/c1-4-25-13-18(26-28-19(21)14-9-5-7-11-16(14)23-2)27-29-20(22)15-10-6-8-12-17(15)24-3/h5-12H,1,4,13H2,2-3H3. The van der Waals surface area contributed by atoms with Crippen LogP contribution < -0.4 is 9.47 Å². The van der Waals surface area contributed by atoms with Gasteiger partial charge in [0.25, 0.3) is 0 Å². The molecule has 2 aromatic rings. The molecule has 0 aromatic heterocycles. The molecule has 9 nitrogen and oxygen atoms in total. The molecule has 0 spiro atoms. The Kier molecular flexibility index (Phi) is 8.90. The third-order valence-electron chi connectivity index (χ3n) is 3.44. The molecule has 0 bridgehead atoms. The SMILES string of the molecule is [CH2]COC[C](OOC(=O)c1ccccc1OC)OOC(=O)c1ccccc1OC. The number of ether oxygens (including phenoxy) is 3. The molecule has 0 heterocycles. The summed E-state index contributed by atoms with van der Waals surface area (Å²) < 4.78 is 15.2. The lowest BCUT2D eigenvalue weighted by Gasteiger charge is -2.14. The van der Waals surface area contributed by atoms with Crippen molar-refractivity contribution in [2.45, 2.75) is 0 Å². The maximum atomic E-state index is 12.2. The summed E-state index contributed by atoms with van der Waals surface area (Å²) in [4.78, 5) is 43.4. The van der Waals surface area contributed by atoms with E-state index in [9.17, 15) is 9.59 Å². The zero-order valence-corrected chi connectivity index (χ0v) is 15.9. The molecule has 0 saturated heterocycles. The van der Waals surface area contributed by atoms with E-state index in [0.717, 1.165) is 0 Å². The fraction of sp³-hybridized carbons (Fsp3) is 0.200. The lowest BCUT2D eigenvalue weighted by Crippen LogP contribution is -2.20. The number of rotatable bonds is 11. The number of hydrogen-bond donors (Lipinski definition) is 0. The van der Waals surface area contributed by atoms with E-state index in [1.165, 1.54) is 26.4 Å². The summed E-state index contributed by atoms with van der Waals surface area (Å²) in [5.74, 6) is -1.12. The van der Waals surface area contributed by atoms with E-state index in [2.05, 4.69) is 6.92 Å². The van der Waals surface area contributed by atoms with Gasteiger partial charge in [-0.05, 0) is 31.2 Å². The normalized spacial score (nSPS) is 10.5. The first-order chi connectivity index (χ1) is 14.1. The smallest absolute Gasteiger partial charge is 0.376 e. The van der Waals surface area contributed by atoms with E-state index in [1.54, 1.807) is 36.4 Å². The average molecular weight is 404 g/mol. The maximum absolute atomic E-state index is 12.2. The Morgan fingerprint density at radius 3 is 1.62 bits per heavy atom. The molecule has 2 rings (SSSR count). The maximum Gasteiger partial charge on any atom is 0.376 e. The second-order valence-corrected chi connectivity index (χ2v) is 5.23. The van der Waals surface area contributed by atoms with Gasteiger partial charge in [-0.2, -0.15) is 0 Å². The van der Waals surface area contributed by atoms with Gasteiger partial charge in [0.2, 0.25) is 0 Å². The Bertz CT molecular complexity index is 743. The molecule has 0 amide bonds. The van der Waals surface area contributed by atoms with Crippen LogP contribution in [0.5, 0.6) is 11.5 Å². The van der Waals surface area contributed by atoms with Crippen LogP contribution in [0, 0.1) is 13.2 Å². The monoisotopic (exact) mass is 404 g/mol. The Morgan fingerprint density at radius 2 is 1.21 bits per heavy atom. The van der Waals surface area contributed by atoms with Crippen molar-refractivity contribution in [1.29, 1.82) is 0 Å². The van der Waals surface area contributed by atoms with Crippen LogP contribution in [0.25, 0.3) is 0 Å². The Hall–Kier alpha value is -3.14. The number of carbonyl (C=O) groups is 2. The Labute approximate surface area is 167 Å². The molecule has 0 aliphatic heterocycles. The topological polar surface area (TPSA) is 98.8 Å². The molecular formula is C20H20O9.